The fourth-order valence-corrected chi connectivity index (χ4v) is 3.41. The lowest BCUT2D eigenvalue weighted by Gasteiger charge is -2.33. The van der Waals surface area contributed by atoms with E-state index in [1.54, 1.807) is 11.3 Å². The van der Waals surface area contributed by atoms with E-state index >= 15 is 0 Å². The summed E-state index contributed by atoms with van der Waals surface area (Å²) < 4.78 is 5.55. The highest BCUT2D eigenvalue weighted by molar-refractivity contribution is 7.09. The van der Waals surface area contributed by atoms with Crippen LogP contribution in [0.15, 0.2) is 9.90 Å². The van der Waals surface area contributed by atoms with Gasteiger partial charge in [-0.15, -0.1) is 11.3 Å². The Balaban J connectivity index is 1.78. The number of hydrogen-bond donors (Lipinski definition) is 1. The van der Waals surface area contributed by atoms with Gasteiger partial charge in [0.25, 0.3) is 0 Å². The van der Waals surface area contributed by atoms with Crippen LogP contribution in [0.25, 0.3) is 0 Å². The van der Waals surface area contributed by atoms with Crippen molar-refractivity contribution in [1.29, 1.82) is 0 Å². The minimum atomic E-state index is 0.0154. The van der Waals surface area contributed by atoms with E-state index in [9.17, 15) is 0 Å². The molecule has 1 atom stereocenters. The van der Waals surface area contributed by atoms with Crippen LogP contribution in [0.3, 0.4) is 0 Å². The third-order valence-corrected chi connectivity index (χ3v) is 4.90. The Morgan fingerprint density at radius 3 is 3.00 bits per heavy atom. The normalized spacial score (nSPS) is 23.1. The molecule has 20 heavy (non-hydrogen) atoms. The van der Waals surface area contributed by atoms with Crippen molar-refractivity contribution in [3.05, 3.63) is 27.8 Å². The van der Waals surface area contributed by atoms with E-state index in [4.69, 9.17) is 4.52 Å². The predicted molar refractivity (Wildman–Crippen MR) is 78.0 cm³/mol. The van der Waals surface area contributed by atoms with Crippen molar-refractivity contribution < 1.29 is 4.52 Å². The van der Waals surface area contributed by atoms with Gasteiger partial charge < -0.3 is 9.84 Å². The highest BCUT2D eigenvalue weighted by Gasteiger charge is 2.37. The molecule has 108 valence electrons. The van der Waals surface area contributed by atoms with Crippen LogP contribution in [0.4, 0.5) is 0 Å². The van der Waals surface area contributed by atoms with Gasteiger partial charge in [-0.2, -0.15) is 4.98 Å². The topological polar surface area (TPSA) is 63.8 Å². The quantitative estimate of drug-likeness (QED) is 0.938. The van der Waals surface area contributed by atoms with E-state index in [1.165, 1.54) is 0 Å². The second-order valence-electron chi connectivity index (χ2n) is 5.46. The zero-order valence-corrected chi connectivity index (χ0v) is 12.8. The summed E-state index contributed by atoms with van der Waals surface area (Å²) >= 11 is 1.65. The van der Waals surface area contributed by atoms with Crippen LogP contribution in [0.5, 0.6) is 0 Å². The molecule has 1 N–H and O–H groups in total. The van der Waals surface area contributed by atoms with Gasteiger partial charge in [0, 0.05) is 11.9 Å². The van der Waals surface area contributed by atoms with Gasteiger partial charge >= 0.3 is 0 Å². The van der Waals surface area contributed by atoms with E-state index in [2.05, 4.69) is 32.7 Å². The van der Waals surface area contributed by atoms with E-state index in [1.807, 2.05) is 6.92 Å². The SMILES string of the molecule is CCC1(c2nc(Cc3csc(C)n3)no2)CCCNC1. The summed E-state index contributed by atoms with van der Waals surface area (Å²) in [5, 5.41) is 10.7. The van der Waals surface area contributed by atoms with E-state index in [0.717, 1.165) is 54.8 Å². The maximum absolute atomic E-state index is 5.55. The van der Waals surface area contributed by atoms with E-state index in [-0.39, 0.29) is 5.41 Å². The molecule has 1 unspecified atom stereocenters. The maximum atomic E-state index is 5.55. The Hall–Kier alpha value is -1.27. The highest BCUT2D eigenvalue weighted by Crippen LogP contribution is 2.33. The summed E-state index contributed by atoms with van der Waals surface area (Å²) in [7, 11) is 0. The molecule has 0 saturated carbocycles. The third-order valence-electron chi connectivity index (χ3n) is 4.08. The standard InChI is InChI=1S/C14H20N4OS/c1-3-14(5-4-6-15-9-14)13-17-12(18-19-13)7-11-8-20-10(2)16-11/h8,15H,3-7,9H2,1-2H3. The van der Waals surface area contributed by atoms with Crippen molar-refractivity contribution in [1.82, 2.24) is 20.4 Å². The summed E-state index contributed by atoms with van der Waals surface area (Å²) in [5.74, 6) is 1.53. The number of rotatable bonds is 4. The lowest BCUT2D eigenvalue weighted by Crippen LogP contribution is -2.43. The minimum Gasteiger partial charge on any atom is -0.339 e. The van der Waals surface area contributed by atoms with Gasteiger partial charge in [-0.3, -0.25) is 0 Å². The number of aryl methyl sites for hydroxylation is 1. The van der Waals surface area contributed by atoms with Gasteiger partial charge in [0.15, 0.2) is 5.82 Å². The monoisotopic (exact) mass is 292 g/mol. The van der Waals surface area contributed by atoms with Gasteiger partial charge in [0.05, 0.1) is 22.5 Å². The van der Waals surface area contributed by atoms with Crippen LogP contribution >= 0.6 is 11.3 Å². The summed E-state index contributed by atoms with van der Waals surface area (Å²) in [6.45, 7) is 6.22. The second kappa shape index (κ2) is 5.61. The molecule has 0 aliphatic carbocycles. The predicted octanol–water partition coefficient (Wildman–Crippen LogP) is 2.46. The number of aromatic nitrogens is 3. The summed E-state index contributed by atoms with van der Waals surface area (Å²) in [4.78, 5) is 9.08. The first-order chi connectivity index (χ1) is 9.72. The smallest absolute Gasteiger partial charge is 0.234 e. The number of nitrogens with zero attached hydrogens (tertiary/aromatic N) is 3. The fraction of sp³-hybridized carbons (Fsp3) is 0.643. The molecule has 0 radical (unpaired) electrons. The minimum absolute atomic E-state index is 0.0154. The second-order valence-corrected chi connectivity index (χ2v) is 6.53. The van der Waals surface area contributed by atoms with Gasteiger partial charge in [0.1, 0.15) is 0 Å². The van der Waals surface area contributed by atoms with Crippen molar-refractivity contribution in [2.75, 3.05) is 13.1 Å². The van der Waals surface area contributed by atoms with Crippen LogP contribution in [0, 0.1) is 6.92 Å². The van der Waals surface area contributed by atoms with Crippen LogP contribution in [-0.4, -0.2) is 28.2 Å². The van der Waals surface area contributed by atoms with Crippen molar-refractivity contribution in [2.45, 2.75) is 44.9 Å². The van der Waals surface area contributed by atoms with Crippen LogP contribution < -0.4 is 5.32 Å². The Morgan fingerprint density at radius 2 is 2.35 bits per heavy atom. The summed E-state index contributed by atoms with van der Waals surface area (Å²) in [5.41, 5.74) is 1.04. The van der Waals surface area contributed by atoms with Gasteiger partial charge in [-0.25, -0.2) is 4.98 Å². The molecule has 3 heterocycles. The molecule has 0 spiro atoms. The van der Waals surface area contributed by atoms with Crippen LogP contribution in [0.1, 0.15) is 48.6 Å². The molecular formula is C14H20N4OS. The van der Waals surface area contributed by atoms with E-state index in [0.29, 0.717) is 6.42 Å². The van der Waals surface area contributed by atoms with Crippen molar-refractivity contribution >= 4 is 11.3 Å². The molecule has 0 aromatic carbocycles. The van der Waals surface area contributed by atoms with Gasteiger partial charge in [-0.05, 0) is 32.7 Å². The van der Waals surface area contributed by atoms with Crippen molar-refractivity contribution in [3.63, 3.8) is 0 Å². The molecule has 1 aliphatic rings. The Morgan fingerprint density at radius 1 is 1.45 bits per heavy atom. The van der Waals surface area contributed by atoms with E-state index < -0.39 is 0 Å². The summed E-state index contributed by atoms with van der Waals surface area (Å²) in [6.07, 6.45) is 3.96. The number of thiazole rings is 1. The average Bonchev–Trinajstić information content (AvgIpc) is 3.10. The molecule has 1 aliphatic heterocycles. The van der Waals surface area contributed by atoms with Crippen LogP contribution in [0.2, 0.25) is 0 Å². The summed E-state index contributed by atoms with van der Waals surface area (Å²) in [6, 6.07) is 0. The average molecular weight is 292 g/mol. The molecule has 3 rings (SSSR count). The maximum Gasteiger partial charge on any atom is 0.234 e. The molecule has 0 amide bonds. The zero-order valence-electron chi connectivity index (χ0n) is 12.0. The third kappa shape index (κ3) is 2.62. The molecule has 1 saturated heterocycles. The first-order valence-corrected chi connectivity index (χ1v) is 8.04. The number of hydrogen-bond acceptors (Lipinski definition) is 6. The Labute approximate surface area is 122 Å². The zero-order chi connectivity index (χ0) is 14.0. The Bertz CT molecular complexity index is 571. The molecule has 6 heteroatoms. The molecule has 2 aromatic rings. The van der Waals surface area contributed by atoms with Gasteiger partial charge in [0.2, 0.25) is 5.89 Å². The van der Waals surface area contributed by atoms with Crippen molar-refractivity contribution in [2.24, 2.45) is 0 Å². The molecule has 5 nitrogen and oxygen atoms in total. The number of nitrogens with one attached hydrogen (secondary N) is 1. The van der Waals surface area contributed by atoms with Crippen molar-refractivity contribution in [3.8, 4) is 0 Å². The molecule has 0 bridgehead atoms. The largest absolute Gasteiger partial charge is 0.339 e. The molecule has 2 aromatic heterocycles. The lowest BCUT2D eigenvalue weighted by atomic mass is 9.78. The lowest BCUT2D eigenvalue weighted by molar-refractivity contribution is 0.220. The first-order valence-electron chi connectivity index (χ1n) is 7.17. The Kier molecular flexibility index (Phi) is 3.85. The van der Waals surface area contributed by atoms with Crippen LogP contribution in [-0.2, 0) is 11.8 Å². The van der Waals surface area contributed by atoms with Gasteiger partial charge in [-0.1, -0.05) is 12.1 Å². The molecule has 1 fully saturated rings. The highest BCUT2D eigenvalue weighted by atomic mass is 32.1. The fourth-order valence-electron chi connectivity index (χ4n) is 2.80. The number of piperidine rings is 1. The first kappa shape index (κ1) is 13.7. The molecular weight excluding hydrogens is 272 g/mol.